The molecular weight excluding hydrogens is 463 g/mol. The van der Waals surface area contributed by atoms with Crippen LogP contribution >= 0.6 is 15.9 Å². The molecule has 0 saturated carbocycles. The van der Waals surface area contributed by atoms with Crippen molar-refractivity contribution >= 4 is 32.7 Å². The lowest BCUT2D eigenvalue weighted by molar-refractivity contribution is 0.0778. The van der Waals surface area contributed by atoms with E-state index >= 15 is 0 Å². The molecule has 2 heterocycles. The molecule has 0 spiro atoms. The quantitative estimate of drug-likeness (QED) is 0.387. The first-order chi connectivity index (χ1) is 14.9. The maximum Gasteiger partial charge on any atom is 0.259 e. The number of aromatic nitrogens is 3. The van der Waals surface area contributed by atoms with Crippen LogP contribution in [-0.2, 0) is 6.54 Å². The van der Waals surface area contributed by atoms with Gasteiger partial charge >= 0.3 is 0 Å². The first kappa shape index (κ1) is 20.9. The van der Waals surface area contributed by atoms with E-state index in [1.165, 1.54) is 29.3 Å². The molecule has 2 aromatic heterocycles. The molecule has 0 N–H and O–H groups in total. The summed E-state index contributed by atoms with van der Waals surface area (Å²) >= 11 is 3.26. The number of amides is 1. The van der Waals surface area contributed by atoms with E-state index in [0.29, 0.717) is 16.0 Å². The SMILES string of the molecule is Cc1nc(CN(C)C(=O)c2cccnc2Oc2ccc(F)cc2Br)nc2ccccc12. The summed E-state index contributed by atoms with van der Waals surface area (Å²) in [5.74, 6) is 0.324. The van der Waals surface area contributed by atoms with Gasteiger partial charge in [-0.3, -0.25) is 4.79 Å². The highest BCUT2D eigenvalue weighted by Gasteiger charge is 2.20. The van der Waals surface area contributed by atoms with E-state index in [2.05, 4.69) is 30.9 Å². The second-order valence-electron chi connectivity index (χ2n) is 6.94. The van der Waals surface area contributed by atoms with Crippen LogP contribution < -0.4 is 4.74 Å². The van der Waals surface area contributed by atoms with Crippen LogP contribution in [0.2, 0.25) is 0 Å². The third-order valence-electron chi connectivity index (χ3n) is 4.67. The third-order valence-corrected chi connectivity index (χ3v) is 5.29. The molecule has 0 bridgehead atoms. The molecule has 2 aromatic carbocycles. The van der Waals surface area contributed by atoms with E-state index in [9.17, 15) is 9.18 Å². The molecule has 0 atom stereocenters. The van der Waals surface area contributed by atoms with Crippen LogP contribution in [0, 0.1) is 12.7 Å². The third kappa shape index (κ3) is 4.54. The molecule has 0 aliphatic heterocycles. The lowest BCUT2D eigenvalue weighted by Crippen LogP contribution is -2.27. The lowest BCUT2D eigenvalue weighted by atomic mass is 10.2. The van der Waals surface area contributed by atoms with Crippen molar-refractivity contribution in [3.8, 4) is 11.6 Å². The molecular formula is C23H18BrFN4O2. The minimum atomic E-state index is -0.401. The first-order valence-electron chi connectivity index (χ1n) is 9.48. The second-order valence-corrected chi connectivity index (χ2v) is 7.79. The van der Waals surface area contributed by atoms with Gasteiger partial charge < -0.3 is 9.64 Å². The maximum atomic E-state index is 13.4. The van der Waals surface area contributed by atoms with Crippen LogP contribution in [-0.4, -0.2) is 32.8 Å². The van der Waals surface area contributed by atoms with E-state index in [1.807, 2.05) is 31.2 Å². The molecule has 8 heteroatoms. The number of pyridine rings is 1. The maximum absolute atomic E-state index is 13.4. The average Bonchev–Trinajstić information content (AvgIpc) is 2.75. The molecule has 6 nitrogen and oxygen atoms in total. The topological polar surface area (TPSA) is 68.2 Å². The van der Waals surface area contributed by atoms with Gasteiger partial charge in [-0.1, -0.05) is 18.2 Å². The van der Waals surface area contributed by atoms with Gasteiger partial charge in [0, 0.05) is 24.3 Å². The molecule has 0 fully saturated rings. The number of nitrogens with zero attached hydrogens (tertiary/aromatic N) is 4. The fourth-order valence-electron chi connectivity index (χ4n) is 3.15. The lowest BCUT2D eigenvalue weighted by Gasteiger charge is -2.18. The van der Waals surface area contributed by atoms with Crippen LogP contribution in [0.1, 0.15) is 21.9 Å². The number of halogens is 2. The molecule has 1 amide bonds. The number of para-hydroxylation sites is 1. The van der Waals surface area contributed by atoms with Crippen molar-refractivity contribution in [3.05, 3.63) is 88.2 Å². The first-order valence-corrected chi connectivity index (χ1v) is 10.3. The zero-order chi connectivity index (χ0) is 22.0. The number of aryl methyl sites for hydroxylation is 1. The second kappa shape index (κ2) is 8.77. The van der Waals surface area contributed by atoms with E-state index in [4.69, 9.17) is 4.74 Å². The number of benzene rings is 2. The predicted octanol–water partition coefficient (Wildman–Crippen LogP) is 5.30. The van der Waals surface area contributed by atoms with Gasteiger partial charge in [0.15, 0.2) is 0 Å². The summed E-state index contributed by atoms with van der Waals surface area (Å²) in [5.41, 5.74) is 1.96. The zero-order valence-electron chi connectivity index (χ0n) is 16.8. The summed E-state index contributed by atoms with van der Waals surface area (Å²) in [6.07, 6.45) is 1.53. The number of hydrogen-bond donors (Lipinski definition) is 0. The Labute approximate surface area is 186 Å². The van der Waals surface area contributed by atoms with Gasteiger partial charge in [0.25, 0.3) is 5.91 Å². The van der Waals surface area contributed by atoms with E-state index in [1.54, 1.807) is 19.2 Å². The monoisotopic (exact) mass is 480 g/mol. The fraction of sp³-hybridized carbons (Fsp3) is 0.130. The minimum Gasteiger partial charge on any atom is -0.437 e. The van der Waals surface area contributed by atoms with Crippen molar-refractivity contribution in [1.29, 1.82) is 0 Å². The molecule has 0 aliphatic rings. The summed E-state index contributed by atoms with van der Waals surface area (Å²) in [7, 11) is 1.67. The molecule has 4 rings (SSSR count). The Bertz CT molecular complexity index is 1280. The molecule has 0 radical (unpaired) electrons. The van der Waals surface area contributed by atoms with Gasteiger partial charge in [0.1, 0.15) is 23.0 Å². The van der Waals surface area contributed by atoms with Crippen molar-refractivity contribution in [1.82, 2.24) is 19.9 Å². The molecule has 0 unspecified atom stereocenters. The van der Waals surface area contributed by atoms with Crippen molar-refractivity contribution in [3.63, 3.8) is 0 Å². The Morgan fingerprint density at radius 1 is 1.13 bits per heavy atom. The highest BCUT2D eigenvalue weighted by atomic mass is 79.9. The summed E-state index contributed by atoms with van der Waals surface area (Å²) < 4.78 is 19.6. The van der Waals surface area contributed by atoms with Gasteiger partial charge in [-0.05, 0) is 59.3 Å². The van der Waals surface area contributed by atoms with Crippen molar-refractivity contribution in [2.24, 2.45) is 0 Å². The molecule has 0 aliphatic carbocycles. The van der Waals surface area contributed by atoms with Crippen LogP contribution in [0.4, 0.5) is 4.39 Å². The number of ether oxygens (including phenoxy) is 1. The predicted molar refractivity (Wildman–Crippen MR) is 118 cm³/mol. The number of rotatable bonds is 5. The van der Waals surface area contributed by atoms with Crippen LogP contribution in [0.3, 0.4) is 0 Å². The Kier molecular flexibility index (Phi) is 5.90. The molecule has 0 saturated heterocycles. The standard InChI is InChI=1S/C23H18BrFN4O2/c1-14-16-6-3-4-8-19(16)28-21(27-14)13-29(2)23(30)17-7-5-11-26-22(17)31-20-10-9-15(25)12-18(20)24/h3-12H,13H2,1-2H3. The van der Waals surface area contributed by atoms with Crippen molar-refractivity contribution in [2.45, 2.75) is 13.5 Å². The van der Waals surface area contributed by atoms with Gasteiger partial charge in [0.2, 0.25) is 5.88 Å². The summed E-state index contributed by atoms with van der Waals surface area (Å²) in [6, 6.07) is 15.1. The minimum absolute atomic E-state index is 0.127. The van der Waals surface area contributed by atoms with Gasteiger partial charge in [-0.25, -0.2) is 19.3 Å². The number of fused-ring (bicyclic) bond motifs is 1. The largest absolute Gasteiger partial charge is 0.437 e. The van der Waals surface area contributed by atoms with Crippen LogP contribution in [0.15, 0.2) is 65.3 Å². The highest BCUT2D eigenvalue weighted by molar-refractivity contribution is 9.10. The Hall–Kier alpha value is -3.39. The summed E-state index contributed by atoms with van der Waals surface area (Å²) in [4.78, 5) is 27.9. The summed E-state index contributed by atoms with van der Waals surface area (Å²) in [6.45, 7) is 2.14. The van der Waals surface area contributed by atoms with Crippen LogP contribution in [0.25, 0.3) is 10.9 Å². The number of carbonyl (C=O) groups excluding carboxylic acids is 1. The Morgan fingerprint density at radius 3 is 2.74 bits per heavy atom. The molecule has 31 heavy (non-hydrogen) atoms. The van der Waals surface area contributed by atoms with E-state index in [0.717, 1.165) is 16.6 Å². The highest BCUT2D eigenvalue weighted by Crippen LogP contribution is 2.31. The Balaban J connectivity index is 1.58. The number of hydrogen-bond acceptors (Lipinski definition) is 5. The summed E-state index contributed by atoms with van der Waals surface area (Å²) in [5, 5.41) is 0.980. The smallest absolute Gasteiger partial charge is 0.259 e. The molecule has 156 valence electrons. The van der Waals surface area contributed by atoms with E-state index < -0.39 is 5.82 Å². The van der Waals surface area contributed by atoms with Crippen LogP contribution in [0.5, 0.6) is 11.6 Å². The van der Waals surface area contributed by atoms with Gasteiger partial charge in [-0.2, -0.15) is 0 Å². The van der Waals surface area contributed by atoms with Crippen molar-refractivity contribution in [2.75, 3.05) is 7.05 Å². The van der Waals surface area contributed by atoms with E-state index in [-0.39, 0.29) is 23.9 Å². The average molecular weight is 481 g/mol. The normalized spacial score (nSPS) is 10.8. The molecule has 4 aromatic rings. The van der Waals surface area contributed by atoms with Crippen molar-refractivity contribution < 1.29 is 13.9 Å². The van der Waals surface area contributed by atoms with Gasteiger partial charge in [0.05, 0.1) is 16.5 Å². The van der Waals surface area contributed by atoms with Gasteiger partial charge in [-0.15, -0.1) is 0 Å². The number of carbonyl (C=O) groups is 1. The zero-order valence-corrected chi connectivity index (χ0v) is 18.4. The fourth-order valence-corrected chi connectivity index (χ4v) is 3.58. The Morgan fingerprint density at radius 2 is 1.94 bits per heavy atom.